The number of unbranched alkanes of at least 4 members (excludes halogenated alkanes) is 1. The molecular formula is C18H21NO4. The summed E-state index contributed by atoms with van der Waals surface area (Å²) in [6.07, 6.45) is 6.64. The number of aliphatic carboxylic acids is 1. The summed E-state index contributed by atoms with van der Waals surface area (Å²) in [5.41, 5.74) is 2.29. The minimum atomic E-state index is -0.836. The van der Waals surface area contributed by atoms with Crippen LogP contribution in [0.2, 0.25) is 0 Å². The van der Waals surface area contributed by atoms with Gasteiger partial charge in [0, 0.05) is 17.5 Å². The third-order valence-electron chi connectivity index (χ3n) is 4.60. The Kier molecular flexibility index (Phi) is 4.37. The molecule has 1 aliphatic heterocycles. The topological polar surface area (TPSA) is 75.6 Å². The number of anilines is 1. The highest BCUT2D eigenvalue weighted by Crippen LogP contribution is 2.44. The van der Waals surface area contributed by atoms with Crippen molar-refractivity contribution in [1.82, 2.24) is 0 Å². The largest absolute Gasteiger partial charge is 0.480 e. The number of rotatable bonds is 5. The van der Waals surface area contributed by atoms with Crippen LogP contribution < -0.4 is 5.32 Å². The second-order valence-corrected chi connectivity index (χ2v) is 6.11. The zero-order valence-electron chi connectivity index (χ0n) is 13.1. The number of nitrogens with one attached hydrogen (secondary N) is 1. The average Bonchev–Trinajstić information content (AvgIpc) is 3.03. The van der Waals surface area contributed by atoms with Crippen LogP contribution in [0.3, 0.4) is 0 Å². The molecule has 0 aromatic heterocycles. The Labute approximate surface area is 135 Å². The third kappa shape index (κ3) is 2.96. The summed E-state index contributed by atoms with van der Waals surface area (Å²) in [4.78, 5) is 23.6. The maximum atomic E-state index is 12.1. The van der Waals surface area contributed by atoms with Crippen LogP contribution in [-0.2, 0) is 9.53 Å². The van der Waals surface area contributed by atoms with Crippen LogP contribution in [0.15, 0.2) is 30.4 Å². The van der Waals surface area contributed by atoms with Gasteiger partial charge in [-0.25, -0.2) is 9.59 Å². The third-order valence-corrected chi connectivity index (χ3v) is 4.60. The lowest BCUT2D eigenvalue weighted by molar-refractivity contribution is -0.139. The molecule has 2 N–H and O–H groups in total. The van der Waals surface area contributed by atoms with Crippen molar-refractivity contribution in [2.45, 2.75) is 38.1 Å². The predicted octanol–water partition coefficient (Wildman–Crippen LogP) is 3.18. The molecule has 0 amide bonds. The fourth-order valence-corrected chi connectivity index (χ4v) is 3.36. The van der Waals surface area contributed by atoms with Gasteiger partial charge in [-0.3, -0.25) is 0 Å². The molecule has 1 aliphatic carbocycles. The molecule has 5 nitrogen and oxygen atoms in total. The molecule has 1 aromatic carbocycles. The van der Waals surface area contributed by atoms with Gasteiger partial charge in [0.25, 0.3) is 0 Å². The SMILES string of the molecule is CCCCOC(=O)c1ccc2c(c1)[C@@H]1C=CC[C@@H]1[C@@H](C(=O)O)N2. The number of hydrogen-bond donors (Lipinski definition) is 2. The number of ether oxygens (including phenoxy) is 1. The van der Waals surface area contributed by atoms with E-state index >= 15 is 0 Å². The molecule has 1 aromatic rings. The van der Waals surface area contributed by atoms with Gasteiger partial charge in [0.2, 0.25) is 0 Å². The lowest BCUT2D eigenvalue weighted by Gasteiger charge is -2.34. The Hall–Kier alpha value is -2.30. The first-order chi connectivity index (χ1) is 11.1. The standard InChI is InChI=1S/C18H21NO4/c1-2-3-9-23-18(22)11-7-8-15-14(10-11)12-5-4-6-13(12)16(19-15)17(20)21/h4-5,7-8,10,12-13,16,19H,2-3,6,9H2,1H3,(H,20,21)/t12-,13+,16+/m1/s1. The predicted molar refractivity (Wildman–Crippen MR) is 86.7 cm³/mol. The summed E-state index contributed by atoms with van der Waals surface area (Å²) in [5, 5.41) is 12.5. The van der Waals surface area contributed by atoms with Crippen LogP contribution in [0.4, 0.5) is 5.69 Å². The van der Waals surface area contributed by atoms with E-state index in [4.69, 9.17) is 4.74 Å². The summed E-state index contributed by atoms with van der Waals surface area (Å²) >= 11 is 0. The van der Waals surface area contributed by atoms with E-state index in [1.807, 2.05) is 25.1 Å². The van der Waals surface area contributed by atoms with Gasteiger partial charge < -0.3 is 15.2 Å². The van der Waals surface area contributed by atoms with E-state index in [1.165, 1.54) is 0 Å². The first-order valence-electron chi connectivity index (χ1n) is 8.09. The minimum absolute atomic E-state index is 0.00800. The van der Waals surface area contributed by atoms with Crippen LogP contribution in [0.1, 0.15) is 48.0 Å². The Balaban J connectivity index is 1.85. The first kappa shape index (κ1) is 15.6. The number of fused-ring (bicyclic) bond motifs is 3. The number of carbonyl (C=O) groups is 2. The number of carboxylic acid groups (broad SMARTS) is 1. The minimum Gasteiger partial charge on any atom is -0.480 e. The second-order valence-electron chi connectivity index (χ2n) is 6.11. The summed E-state index contributed by atoms with van der Waals surface area (Å²) in [6.45, 7) is 2.47. The maximum absolute atomic E-state index is 12.1. The molecule has 0 bridgehead atoms. The van der Waals surface area contributed by atoms with Gasteiger partial charge in [-0.1, -0.05) is 25.5 Å². The normalized spacial score (nSPS) is 24.5. The van der Waals surface area contributed by atoms with E-state index in [9.17, 15) is 14.7 Å². The Morgan fingerprint density at radius 1 is 1.39 bits per heavy atom. The van der Waals surface area contributed by atoms with Crippen LogP contribution >= 0.6 is 0 Å². The lowest BCUT2D eigenvalue weighted by atomic mass is 9.79. The van der Waals surface area contributed by atoms with Crippen molar-refractivity contribution < 1.29 is 19.4 Å². The van der Waals surface area contributed by atoms with Crippen LogP contribution in [0.25, 0.3) is 0 Å². The first-order valence-corrected chi connectivity index (χ1v) is 8.09. The van der Waals surface area contributed by atoms with Crippen LogP contribution in [0, 0.1) is 5.92 Å². The van der Waals surface area contributed by atoms with E-state index < -0.39 is 12.0 Å². The molecule has 2 aliphatic rings. The molecule has 3 atom stereocenters. The van der Waals surface area contributed by atoms with Crippen molar-refractivity contribution in [1.29, 1.82) is 0 Å². The van der Waals surface area contributed by atoms with E-state index in [1.54, 1.807) is 12.1 Å². The van der Waals surface area contributed by atoms with Gasteiger partial charge in [0.1, 0.15) is 6.04 Å². The van der Waals surface area contributed by atoms with E-state index in [2.05, 4.69) is 5.32 Å². The molecule has 0 spiro atoms. The molecule has 122 valence electrons. The van der Waals surface area contributed by atoms with Gasteiger partial charge in [0.15, 0.2) is 0 Å². The van der Waals surface area contributed by atoms with Gasteiger partial charge in [-0.05, 0) is 36.6 Å². The summed E-state index contributed by atoms with van der Waals surface area (Å²) in [7, 11) is 0. The summed E-state index contributed by atoms with van der Waals surface area (Å²) < 4.78 is 5.26. The highest BCUT2D eigenvalue weighted by atomic mass is 16.5. The summed E-state index contributed by atoms with van der Waals surface area (Å²) in [6, 6.07) is 4.72. The van der Waals surface area contributed by atoms with Crippen molar-refractivity contribution in [2.75, 3.05) is 11.9 Å². The molecule has 0 radical (unpaired) electrons. The molecule has 0 saturated heterocycles. The van der Waals surface area contributed by atoms with Crippen LogP contribution in [-0.4, -0.2) is 29.7 Å². The molecule has 0 saturated carbocycles. The number of carboxylic acids is 1. The lowest BCUT2D eigenvalue weighted by Crippen LogP contribution is -2.41. The van der Waals surface area contributed by atoms with E-state index in [0.717, 1.165) is 30.5 Å². The van der Waals surface area contributed by atoms with E-state index in [0.29, 0.717) is 12.2 Å². The Morgan fingerprint density at radius 2 is 2.22 bits per heavy atom. The van der Waals surface area contributed by atoms with Gasteiger partial charge in [-0.15, -0.1) is 0 Å². The van der Waals surface area contributed by atoms with Gasteiger partial charge in [0.05, 0.1) is 12.2 Å². The van der Waals surface area contributed by atoms with Crippen molar-refractivity contribution >= 4 is 17.6 Å². The van der Waals surface area contributed by atoms with Crippen molar-refractivity contribution in [2.24, 2.45) is 5.92 Å². The fourth-order valence-electron chi connectivity index (χ4n) is 3.36. The molecule has 0 fully saturated rings. The fraction of sp³-hybridized carbons (Fsp3) is 0.444. The zero-order valence-corrected chi connectivity index (χ0v) is 13.1. The highest BCUT2D eigenvalue weighted by molar-refractivity contribution is 5.91. The number of allylic oxidation sites excluding steroid dienone is 2. The highest BCUT2D eigenvalue weighted by Gasteiger charge is 2.40. The quantitative estimate of drug-likeness (QED) is 0.496. The Bertz CT molecular complexity index is 652. The molecule has 0 unspecified atom stereocenters. The number of hydrogen-bond acceptors (Lipinski definition) is 4. The number of carbonyl (C=O) groups excluding carboxylic acids is 1. The van der Waals surface area contributed by atoms with Gasteiger partial charge >= 0.3 is 11.9 Å². The monoisotopic (exact) mass is 315 g/mol. The van der Waals surface area contributed by atoms with Crippen molar-refractivity contribution in [3.8, 4) is 0 Å². The van der Waals surface area contributed by atoms with Gasteiger partial charge in [-0.2, -0.15) is 0 Å². The number of esters is 1. The molecular weight excluding hydrogens is 294 g/mol. The van der Waals surface area contributed by atoms with Crippen molar-refractivity contribution in [3.63, 3.8) is 0 Å². The van der Waals surface area contributed by atoms with E-state index in [-0.39, 0.29) is 17.8 Å². The molecule has 1 heterocycles. The second kappa shape index (κ2) is 6.44. The Morgan fingerprint density at radius 3 is 2.96 bits per heavy atom. The zero-order chi connectivity index (χ0) is 16.4. The van der Waals surface area contributed by atoms with Crippen molar-refractivity contribution in [3.05, 3.63) is 41.5 Å². The molecule has 23 heavy (non-hydrogen) atoms. The smallest absolute Gasteiger partial charge is 0.338 e. The number of benzene rings is 1. The molecule has 3 rings (SSSR count). The molecule has 5 heteroatoms. The van der Waals surface area contributed by atoms with Crippen LogP contribution in [0.5, 0.6) is 0 Å². The maximum Gasteiger partial charge on any atom is 0.338 e. The summed E-state index contributed by atoms with van der Waals surface area (Å²) in [5.74, 6) is -1.13. The average molecular weight is 315 g/mol.